The number of aliphatic imine (C=N–C) groups is 2. The van der Waals surface area contributed by atoms with Crippen molar-refractivity contribution >= 4 is 51.9 Å². The minimum Gasteiger partial charge on any atom is -0.368 e. The van der Waals surface area contributed by atoms with Gasteiger partial charge in [0.15, 0.2) is 5.17 Å². The largest absolute Gasteiger partial charge is 0.368 e. The Morgan fingerprint density at radius 3 is 2.43 bits per heavy atom. The number of piperazine rings is 1. The Hall–Kier alpha value is -3.66. The molecular formula is C32H38N6O3S. The fraction of sp³-hybridized carbons (Fsp3) is 0.469. The second kappa shape index (κ2) is 12.7. The zero-order chi connectivity index (χ0) is 29.1. The number of hydrogen-bond donors (Lipinski definition) is 1. The van der Waals surface area contributed by atoms with Crippen molar-refractivity contribution in [1.29, 1.82) is 0 Å². The lowest BCUT2D eigenvalue weighted by molar-refractivity contribution is -0.135. The Balaban J connectivity index is 1.15. The van der Waals surface area contributed by atoms with Crippen molar-refractivity contribution in [2.75, 3.05) is 31.1 Å². The van der Waals surface area contributed by atoms with Crippen LogP contribution in [0.5, 0.6) is 0 Å². The van der Waals surface area contributed by atoms with Crippen LogP contribution < -0.4 is 10.2 Å². The SMILES string of the molecule is CC[C@@H](SC1=Nc2ccccc2C2=N[C@@H](CC(=O)N3CCN(c4ccccc4)CC3)C(=O)N12)C(=O)NC1CCCCC1. The number of fused-ring (bicyclic) bond motifs is 3. The molecule has 220 valence electrons. The van der Waals surface area contributed by atoms with Crippen molar-refractivity contribution in [3.05, 3.63) is 60.2 Å². The maximum Gasteiger partial charge on any atom is 0.259 e. The lowest BCUT2D eigenvalue weighted by Gasteiger charge is -2.36. The van der Waals surface area contributed by atoms with Crippen LogP contribution in [0.4, 0.5) is 11.4 Å². The topological polar surface area (TPSA) is 97.7 Å². The van der Waals surface area contributed by atoms with Crippen LogP contribution in [0.25, 0.3) is 0 Å². The number of benzene rings is 2. The molecule has 0 radical (unpaired) electrons. The van der Waals surface area contributed by atoms with Crippen molar-refractivity contribution < 1.29 is 14.4 Å². The number of rotatable bonds is 7. The lowest BCUT2D eigenvalue weighted by atomic mass is 9.95. The van der Waals surface area contributed by atoms with Crippen LogP contribution in [-0.2, 0) is 14.4 Å². The van der Waals surface area contributed by atoms with Gasteiger partial charge >= 0.3 is 0 Å². The van der Waals surface area contributed by atoms with Crippen molar-refractivity contribution in [2.45, 2.75) is 69.2 Å². The molecule has 6 rings (SSSR count). The lowest BCUT2D eigenvalue weighted by Crippen LogP contribution is -2.50. The van der Waals surface area contributed by atoms with Gasteiger partial charge in [-0.05, 0) is 43.5 Å². The monoisotopic (exact) mass is 586 g/mol. The summed E-state index contributed by atoms with van der Waals surface area (Å²) in [5, 5.41) is 3.30. The third kappa shape index (κ3) is 5.95. The summed E-state index contributed by atoms with van der Waals surface area (Å²) in [6, 6.07) is 17.2. The molecule has 0 unspecified atom stereocenters. The normalized spacial score (nSPS) is 21.3. The second-order valence-corrected chi connectivity index (χ2v) is 12.5. The molecule has 4 aliphatic rings. The highest BCUT2D eigenvalue weighted by molar-refractivity contribution is 8.15. The molecule has 10 heteroatoms. The van der Waals surface area contributed by atoms with Gasteiger partial charge in [0.2, 0.25) is 11.8 Å². The van der Waals surface area contributed by atoms with E-state index in [9.17, 15) is 14.4 Å². The van der Waals surface area contributed by atoms with Gasteiger partial charge in [0.1, 0.15) is 11.9 Å². The number of hydrogen-bond acceptors (Lipinski definition) is 7. The molecule has 0 spiro atoms. The minimum absolute atomic E-state index is 0.0116. The molecule has 2 fully saturated rings. The summed E-state index contributed by atoms with van der Waals surface area (Å²) >= 11 is 1.31. The molecule has 3 heterocycles. The van der Waals surface area contributed by atoms with Gasteiger partial charge in [0.25, 0.3) is 5.91 Å². The number of nitrogens with zero attached hydrogens (tertiary/aromatic N) is 5. The standard InChI is InChI=1S/C32H38N6O3S/c1-2-27(30(40)33-22-11-5-3-6-12-22)42-32-35-25-16-10-9-15-24(25)29-34-26(31(41)38(29)32)21-28(39)37-19-17-36(18-20-37)23-13-7-4-8-14-23/h4,7-10,13-16,22,26-27H,2-3,5-6,11-12,17-21H2,1H3,(H,33,40)/t26-,27+/m0/s1. The van der Waals surface area contributed by atoms with E-state index in [1.54, 1.807) is 0 Å². The Morgan fingerprint density at radius 1 is 0.976 bits per heavy atom. The van der Waals surface area contributed by atoms with Gasteiger partial charge in [-0.1, -0.05) is 68.3 Å². The van der Waals surface area contributed by atoms with E-state index in [-0.39, 0.29) is 35.4 Å². The fourth-order valence-electron chi connectivity index (χ4n) is 6.15. The van der Waals surface area contributed by atoms with Crippen LogP contribution in [0.15, 0.2) is 64.6 Å². The first-order valence-corrected chi connectivity index (χ1v) is 16.0. The average molecular weight is 587 g/mol. The number of thioether (sulfide) groups is 1. The number of anilines is 1. The van der Waals surface area contributed by atoms with Crippen molar-refractivity contribution in [3.63, 3.8) is 0 Å². The first-order valence-electron chi connectivity index (χ1n) is 15.2. The molecule has 3 aliphatic heterocycles. The van der Waals surface area contributed by atoms with Gasteiger partial charge in [-0.3, -0.25) is 19.4 Å². The van der Waals surface area contributed by atoms with Crippen LogP contribution in [0.2, 0.25) is 0 Å². The summed E-state index contributed by atoms with van der Waals surface area (Å²) in [5.74, 6) is 0.178. The van der Waals surface area contributed by atoms with Crippen LogP contribution in [-0.4, -0.2) is 82.0 Å². The van der Waals surface area contributed by atoms with Gasteiger partial charge in [0.05, 0.1) is 17.4 Å². The van der Waals surface area contributed by atoms with E-state index in [0.717, 1.165) is 50.0 Å². The summed E-state index contributed by atoms with van der Waals surface area (Å²) in [6.07, 6.45) is 6.16. The average Bonchev–Trinajstić information content (AvgIpc) is 3.36. The molecule has 42 heavy (non-hydrogen) atoms. The molecule has 2 aromatic rings. The number of nitrogens with one attached hydrogen (secondary N) is 1. The van der Waals surface area contributed by atoms with Crippen LogP contribution in [0.1, 0.15) is 57.4 Å². The smallest absolute Gasteiger partial charge is 0.259 e. The predicted octanol–water partition coefficient (Wildman–Crippen LogP) is 4.34. The van der Waals surface area contributed by atoms with Gasteiger partial charge < -0.3 is 15.1 Å². The van der Waals surface area contributed by atoms with Crippen LogP contribution in [0.3, 0.4) is 0 Å². The molecule has 1 N–H and O–H groups in total. The Labute approximate surface area is 251 Å². The summed E-state index contributed by atoms with van der Waals surface area (Å²) < 4.78 is 0. The van der Waals surface area contributed by atoms with Gasteiger partial charge in [-0.2, -0.15) is 0 Å². The van der Waals surface area contributed by atoms with E-state index in [1.165, 1.54) is 23.1 Å². The van der Waals surface area contributed by atoms with E-state index in [0.29, 0.717) is 36.2 Å². The first kappa shape index (κ1) is 28.5. The summed E-state index contributed by atoms with van der Waals surface area (Å²) in [7, 11) is 0. The molecule has 1 saturated heterocycles. The number of carbonyl (C=O) groups excluding carboxylic acids is 3. The number of amides is 3. The van der Waals surface area contributed by atoms with Crippen molar-refractivity contribution in [3.8, 4) is 0 Å². The van der Waals surface area contributed by atoms with E-state index >= 15 is 0 Å². The quantitative estimate of drug-likeness (QED) is 0.521. The zero-order valence-electron chi connectivity index (χ0n) is 24.1. The fourth-order valence-corrected chi connectivity index (χ4v) is 7.18. The zero-order valence-corrected chi connectivity index (χ0v) is 24.9. The third-order valence-electron chi connectivity index (χ3n) is 8.53. The Kier molecular flexibility index (Phi) is 8.60. The van der Waals surface area contributed by atoms with Crippen molar-refractivity contribution in [2.24, 2.45) is 9.98 Å². The number of amidine groups is 2. The minimum atomic E-state index is -0.812. The third-order valence-corrected chi connectivity index (χ3v) is 9.85. The number of carbonyl (C=O) groups is 3. The second-order valence-electron chi connectivity index (χ2n) is 11.3. The van der Waals surface area contributed by atoms with Gasteiger partial charge in [-0.15, -0.1) is 0 Å². The predicted molar refractivity (Wildman–Crippen MR) is 167 cm³/mol. The molecule has 2 atom stereocenters. The van der Waals surface area contributed by atoms with E-state index in [1.807, 2.05) is 54.3 Å². The van der Waals surface area contributed by atoms with E-state index < -0.39 is 6.04 Å². The summed E-state index contributed by atoms with van der Waals surface area (Å²) in [5.41, 5.74) is 2.63. The highest BCUT2D eigenvalue weighted by Gasteiger charge is 2.43. The molecule has 9 nitrogen and oxygen atoms in total. The van der Waals surface area contributed by atoms with Crippen LogP contribution >= 0.6 is 11.8 Å². The molecule has 0 aromatic heterocycles. The summed E-state index contributed by atoms with van der Waals surface area (Å²) in [4.78, 5) is 55.7. The Bertz CT molecular complexity index is 1380. The highest BCUT2D eigenvalue weighted by Crippen LogP contribution is 2.36. The Morgan fingerprint density at radius 2 is 1.69 bits per heavy atom. The summed E-state index contributed by atoms with van der Waals surface area (Å²) in [6.45, 7) is 4.69. The van der Waals surface area contributed by atoms with Crippen molar-refractivity contribution in [1.82, 2.24) is 15.1 Å². The maximum absolute atomic E-state index is 13.8. The maximum atomic E-state index is 13.8. The van der Waals surface area contributed by atoms with E-state index in [2.05, 4.69) is 22.3 Å². The molecule has 2 aromatic carbocycles. The number of para-hydroxylation sites is 2. The van der Waals surface area contributed by atoms with Crippen LogP contribution in [0, 0.1) is 0 Å². The highest BCUT2D eigenvalue weighted by atomic mass is 32.2. The molecule has 1 saturated carbocycles. The van der Waals surface area contributed by atoms with Gasteiger partial charge in [0, 0.05) is 43.5 Å². The van der Waals surface area contributed by atoms with E-state index in [4.69, 9.17) is 9.98 Å². The van der Waals surface area contributed by atoms with Gasteiger partial charge in [-0.25, -0.2) is 9.89 Å². The molecular weight excluding hydrogens is 548 g/mol. The molecule has 1 aliphatic carbocycles. The first-order chi connectivity index (χ1) is 20.5. The molecule has 0 bridgehead atoms. The molecule has 3 amide bonds.